The molecule has 30 heavy (non-hydrogen) atoms. The summed E-state index contributed by atoms with van der Waals surface area (Å²) in [6, 6.07) is -4.93. The molecule has 0 unspecified atom stereocenters. The van der Waals surface area contributed by atoms with E-state index in [4.69, 9.17) is 16.6 Å². The van der Waals surface area contributed by atoms with E-state index in [0.717, 1.165) is 0 Å². The van der Waals surface area contributed by atoms with Crippen molar-refractivity contribution in [2.75, 3.05) is 13.2 Å². The summed E-state index contributed by atoms with van der Waals surface area (Å²) in [6.07, 6.45) is 0.744. The maximum atomic E-state index is 12.2. The molecular formula is C17H31N5O8. The SMILES string of the molecule is C[C@H](NC(=O)[C@H](CO)NC(=O)[C@@H](N)CCC(=O)O)C(=O)N[C@@H](CCCCN)C(=O)O. The fourth-order valence-corrected chi connectivity index (χ4v) is 2.31. The van der Waals surface area contributed by atoms with E-state index in [0.29, 0.717) is 19.4 Å². The number of aliphatic hydroxyl groups is 1. The number of carbonyl (C=O) groups excluding carboxylic acids is 3. The number of aliphatic carboxylic acids is 2. The van der Waals surface area contributed by atoms with Crippen molar-refractivity contribution in [3.8, 4) is 0 Å². The topological polar surface area (TPSA) is 234 Å². The standard InChI is InChI=1S/C17H31N5O8/c1-9(14(26)21-11(17(29)30)4-2-3-7-18)20-16(28)12(8-23)22-15(27)10(19)5-6-13(24)25/h9-12,23H,2-8,18-19H2,1H3,(H,20,28)(H,21,26)(H,22,27)(H,24,25)(H,29,30)/t9-,10-,11-,12-/m0/s1. The van der Waals surface area contributed by atoms with Gasteiger partial charge in [-0.2, -0.15) is 0 Å². The second-order valence-corrected chi connectivity index (χ2v) is 6.70. The number of hydrogen-bond donors (Lipinski definition) is 8. The zero-order valence-corrected chi connectivity index (χ0v) is 16.8. The molecule has 0 radical (unpaired) electrons. The lowest BCUT2D eigenvalue weighted by Gasteiger charge is -2.22. The molecule has 0 aliphatic rings. The number of nitrogens with two attached hydrogens (primary N) is 2. The fraction of sp³-hybridized carbons (Fsp3) is 0.706. The van der Waals surface area contributed by atoms with E-state index < -0.39 is 60.4 Å². The largest absolute Gasteiger partial charge is 0.481 e. The van der Waals surface area contributed by atoms with Crippen LogP contribution >= 0.6 is 0 Å². The van der Waals surface area contributed by atoms with Gasteiger partial charge in [-0.1, -0.05) is 0 Å². The first-order valence-electron chi connectivity index (χ1n) is 9.45. The van der Waals surface area contributed by atoms with Crippen LogP contribution in [-0.2, 0) is 24.0 Å². The van der Waals surface area contributed by atoms with Gasteiger partial charge in [0.2, 0.25) is 17.7 Å². The summed E-state index contributed by atoms with van der Waals surface area (Å²) in [4.78, 5) is 58.1. The number of carboxylic acid groups (broad SMARTS) is 2. The van der Waals surface area contributed by atoms with Gasteiger partial charge in [-0.05, 0) is 39.2 Å². The molecule has 0 heterocycles. The molecule has 0 aromatic carbocycles. The summed E-state index contributed by atoms with van der Waals surface area (Å²) in [5.41, 5.74) is 10.9. The highest BCUT2D eigenvalue weighted by atomic mass is 16.4. The second-order valence-electron chi connectivity index (χ2n) is 6.70. The van der Waals surface area contributed by atoms with E-state index in [1.54, 1.807) is 0 Å². The first-order valence-corrected chi connectivity index (χ1v) is 9.45. The third kappa shape index (κ3) is 10.7. The van der Waals surface area contributed by atoms with Crippen LogP contribution in [0.5, 0.6) is 0 Å². The zero-order valence-electron chi connectivity index (χ0n) is 16.8. The fourth-order valence-electron chi connectivity index (χ4n) is 2.31. The van der Waals surface area contributed by atoms with Crippen molar-refractivity contribution < 1.29 is 39.3 Å². The van der Waals surface area contributed by atoms with E-state index >= 15 is 0 Å². The Morgan fingerprint density at radius 1 is 0.867 bits per heavy atom. The molecule has 0 saturated carbocycles. The van der Waals surface area contributed by atoms with Crippen molar-refractivity contribution in [2.24, 2.45) is 11.5 Å². The maximum Gasteiger partial charge on any atom is 0.326 e. The molecule has 3 amide bonds. The number of hydrogen-bond acceptors (Lipinski definition) is 8. The van der Waals surface area contributed by atoms with Gasteiger partial charge in [0.25, 0.3) is 0 Å². The second kappa shape index (κ2) is 14.3. The molecule has 4 atom stereocenters. The average Bonchev–Trinajstić information content (AvgIpc) is 2.68. The highest BCUT2D eigenvalue weighted by Crippen LogP contribution is 2.02. The smallest absolute Gasteiger partial charge is 0.326 e. The molecule has 172 valence electrons. The van der Waals surface area contributed by atoms with E-state index in [1.807, 2.05) is 0 Å². The number of unbranched alkanes of at least 4 members (excludes halogenated alkanes) is 1. The van der Waals surface area contributed by atoms with Gasteiger partial charge in [-0.3, -0.25) is 19.2 Å². The van der Waals surface area contributed by atoms with Gasteiger partial charge in [-0.15, -0.1) is 0 Å². The van der Waals surface area contributed by atoms with Gasteiger partial charge in [0.1, 0.15) is 18.1 Å². The Kier molecular flexibility index (Phi) is 12.9. The summed E-state index contributed by atoms with van der Waals surface area (Å²) >= 11 is 0. The first-order chi connectivity index (χ1) is 14.0. The van der Waals surface area contributed by atoms with Crippen LogP contribution in [0.2, 0.25) is 0 Å². The normalized spacial score (nSPS) is 14.7. The Labute approximate surface area is 173 Å². The summed E-state index contributed by atoms with van der Waals surface area (Å²) in [7, 11) is 0. The number of carboxylic acids is 2. The van der Waals surface area contributed by atoms with Crippen LogP contribution in [0.4, 0.5) is 0 Å². The third-order valence-electron chi connectivity index (χ3n) is 4.14. The van der Waals surface area contributed by atoms with Crippen LogP contribution in [-0.4, -0.2) is 82.3 Å². The molecule has 0 aliphatic carbocycles. The Balaban J connectivity index is 4.74. The molecule has 0 fully saturated rings. The van der Waals surface area contributed by atoms with Gasteiger partial charge in [-0.25, -0.2) is 4.79 Å². The van der Waals surface area contributed by atoms with Gasteiger partial charge in [0.05, 0.1) is 12.6 Å². The summed E-state index contributed by atoms with van der Waals surface area (Å²) in [6.45, 7) is 0.899. The van der Waals surface area contributed by atoms with Crippen molar-refractivity contribution in [2.45, 2.75) is 63.2 Å². The molecule has 13 nitrogen and oxygen atoms in total. The predicted octanol–water partition coefficient (Wildman–Crippen LogP) is -3.14. The van der Waals surface area contributed by atoms with Gasteiger partial charge in [0.15, 0.2) is 0 Å². The average molecular weight is 433 g/mol. The van der Waals surface area contributed by atoms with Crippen molar-refractivity contribution in [3.63, 3.8) is 0 Å². The lowest BCUT2D eigenvalue weighted by Crippen LogP contribution is -2.57. The van der Waals surface area contributed by atoms with Crippen LogP contribution < -0.4 is 27.4 Å². The van der Waals surface area contributed by atoms with E-state index in [-0.39, 0.29) is 19.3 Å². The monoisotopic (exact) mass is 433 g/mol. The highest BCUT2D eigenvalue weighted by molar-refractivity contribution is 5.94. The maximum absolute atomic E-state index is 12.2. The summed E-state index contributed by atoms with van der Waals surface area (Å²) in [5, 5.41) is 33.9. The Bertz CT molecular complexity index is 615. The van der Waals surface area contributed by atoms with Crippen LogP contribution in [0.3, 0.4) is 0 Å². The van der Waals surface area contributed by atoms with Crippen molar-refractivity contribution in [3.05, 3.63) is 0 Å². The van der Waals surface area contributed by atoms with E-state index in [1.165, 1.54) is 6.92 Å². The molecule has 0 rings (SSSR count). The van der Waals surface area contributed by atoms with E-state index in [9.17, 15) is 34.2 Å². The minimum Gasteiger partial charge on any atom is -0.481 e. The zero-order chi connectivity index (χ0) is 23.3. The number of aliphatic hydroxyl groups excluding tert-OH is 1. The molecule has 0 bridgehead atoms. The molecule has 0 aromatic heterocycles. The summed E-state index contributed by atoms with van der Waals surface area (Å²) in [5.74, 6) is -4.86. The molecule has 10 N–H and O–H groups in total. The Morgan fingerprint density at radius 2 is 1.47 bits per heavy atom. The quantitative estimate of drug-likeness (QED) is 0.121. The van der Waals surface area contributed by atoms with Crippen molar-refractivity contribution in [1.29, 1.82) is 0 Å². The number of rotatable bonds is 15. The minimum atomic E-state index is -1.43. The van der Waals surface area contributed by atoms with Crippen LogP contribution in [0, 0.1) is 0 Å². The van der Waals surface area contributed by atoms with Crippen LogP contribution in [0.25, 0.3) is 0 Å². The van der Waals surface area contributed by atoms with Crippen LogP contribution in [0.1, 0.15) is 39.0 Å². The minimum absolute atomic E-state index is 0.166. The Hall–Kier alpha value is -2.77. The van der Waals surface area contributed by atoms with Crippen molar-refractivity contribution in [1.82, 2.24) is 16.0 Å². The lowest BCUT2D eigenvalue weighted by atomic mass is 10.1. The van der Waals surface area contributed by atoms with Gasteiger partial charge >= 0.3 is 11.9 Å². The predicted molar refractivity (Wildman–Crippen MR) is 104 cm³/mol. The van der Waals surface area contributed by atoms with E-state index in [2.05, 4.69) is 16.0 Å². The first kappa shape index (κ1) is 27.2. The van der Waals surface area contributed by atoms with Gasteiger partial charge < -0.3 is 42.7 Å². The molecule has 0 aliphatic heterocycles. The molecule has 0 saturated heterocycles. The molecule has 13 heteroatoms. The lowest BCUT2D eigenvalue weighted by molar-refractivity contribution is -0.142. The summed E-state index contributed by atoms with van der Waals surface area (Å²) < 4.78 is 0. The van der Waals surface area contributed by atoms with Crippen LogP contribution in [0.15, 0.2) is 0 Å². The van der Waals surface area contributed by atoms with Crippen molar-refractivity contribution >= 4 is 29.7 Å². The third-order valence-corrected chi connectivity index (χ3v) is 4.14. The number of nitrogens with one attached hydrogen (secondary N) is 3. The van der Waals surface area contributed by atoms with Gasteiger partial charge in [0, 0.05) is 6.42 Å². The number of amides is 3. The molecule has 0 aromatic rings. The highest BCUT2D eigenvalue weighted by Gasteiger charge is 2.28. The number of carbonyl (C=O) groups is 5. The molecular weight excluding hydrogens is 402 g/mol. The molecule has 0 spiro atoms. The Morgan fingerprint density at radius 3 is 1.97 bits per heavy atom.